The van der Waals surface area contributed by atoms with Crippen molar-refractivity contribution in [2.45, 2.75) is 27.3 Å². The van der Waals surface area contributed by atoms with Crippen molar-refractivity contribution in [2.75, 3.05) is 33.2 Å². The Hall–Kier alpha value is -2.63. The Labute approximate surface area is 155 Å². The molecular formula is C20H29N5O. The average Bonchev–Trinajstić information content (AvgIpc) is 2.66. The number of fused-ring (bicyclic) bond motifs is 1. The Balaban J connectivity index is 2.16. The molecule has 26 heavy (non-hydrogen) atoms. The number of carbonyl (C=O) groups is 1. The highest BCUT2D eigenvalue weighted by Crippen LogP contribution is 2.16. The van der Waals surface area contributed by atoms with Crippen molar-refractivity contribution >= 4 is 22.6 Å². The quantitative estimate of drug-likeness (QED) is 0.612. The van der Waals surface area contributed by atoms with E-state index in [4.69, 9.17) is 4.99 Å². The van der Waals surface area contributed by atoms with Crippen LogP contribution in [0.3, 0.4) is 0 Å². The summed E-state index contributed by atoms with van der Waals surface area (Å²) < 4.78 is 0. The van der Waals surface area contributed by atoms with Gasteiger partial charge in [0.1, 0.15) is 0 Å². The maximum atomic E-state index is 12.4. The summed E-state index contributed by atoms with van der Waals surface area (Å²) in [6, 6.07) is 10.2. The van der Waals surface area contributed by atoms with Gasteiger partial charge in [0.15, 0.2) is 5.96 Å². The highest BCUT2D eigenvalue weighted by Gasteiger charge is 2.15. The molecule has 1 aromatic heterocycles. The number of hydrogen-bond donors (Lipinski definition) is 1. The molecule has 0 bridgehead atoms. The molecule has 6 nitrogen and oxygen atoms in total. The monoisotopic (exact) mass is 355 g/mol. The SMILES string of the molecule is CCNC(=NCc1nccc2ccccc12)N(C)CC(=O)N(CC)CC. The zero-order valence-corrected chi connectivity index (χ0v) is 16.2. The van der Waals surface area contributed by atoms with Gasteiger partial charge in [-0.05, 0) is 32.2 Å². The van der Waals surface area contributed by atoms with Crippen molar-refractivity contribution in [1.29, 1.82) is 0 Å². The number of pyridine rings is 1. The summed E-state index contributed by atoms with van der Waals surface area (Å²) in [5, 5.41) is 5.52. The normalized spacial score (nSPS) is 11.5. The van der Waals surface area contributed by atoms with Gasteiger partial charge in [-0.1, -0.05) is 24.3 Å². The first-order chi connectivity index (χ1) is 12.6. The molecule has 140 valence electrons. The molecule has 0 saturated carbocycles. The highest BCUT2D eigenvalue weighted by molar-refractivity contribution is 5.87. The van der Waals surface area contributed by atoms with Crippen LogP contribution < -0.4 is 5.32 Å². The summed E-state index contributed by atoms with van der Waals surface area (Å²) in [6.07, 6.45) is 1.81. The summed E-state index contributed by atoms with van der Waals surface area (Å²) >= 11 is 0. The first kappa shape index (κ1) is 19.7. The summed E-state index contributed by atoms with van der Waals surface area (Å²) in [5.41, 5.74) is 0.932. The number of guanidine groups is 1. The minimum atomic E-state index is 0.103. The number of nitrogens with one attached hydrogen (secondary N) is 1. The summed E-state index contributed by atoms with van der Waals surface area (Å²) in [6.45, 7) is 8.95. The third-order valence-corrected chi connectivity index (χ3v) is 4.32. The first-order valence-electron chi connectivity index (χ1n) is 9.20. The molecule has 2 rings (SSSR count). The molecular weight excluding hydrogens is 326 g/mol. The minimum absolute atomic E-state index is 0.103. The fourth-order valence-corrected chi connectivity index (χ4v) is 2.88. The van der Waals surface area contributed by atoms with E-state index in [2.05, 4.69) is 22.4 Å². The molecule has 1 N–H and O–H groups in total. The fourth-order valence-electron chi connectivity index (χ4n) is 2.88. The maximum Gasteiger partial charge on any atom is 0.242 e. The largest absolute Gasteiger partial charge is 0.357 e. The summed E-state index contributed by atoms with van der Waals surface area (Å²) in [7, 11) is 1.89. The molecule has 1 amide bonds. The van der Waals surface area contributed by atoms with Crippen molar-refractivity contribution in [3.63, 3.8) is 0 Å². The third-order valence-electron chi connectivity index (χ3n) is 4.32. The number of carbonyl (C=O) groups excluding carboxylic acids is 1. The topological polar surface area (TPSA) is 60.8 Å². The van der Waals surface area contributed by atoms with Gasteiger partial charge < -0.3 is 15.1 Å². The van der Waals surface area contributed by atoms with Crippen LogP contribution in [0, 0.1) is 0 Å². The van der Waals surface area contributed by atoms with Gasteiger partial charge in [0.05, 0.1) is 18.8 Å². The second-order valence-corrected chi connectivity index (χ2v) is 6.07. The number of rotatable bonds is 7. The van der Waals surface area contributed by atoms with Crippen LogP contribution in [0.1, 0.15) is 26.5 Å². The molecule has 2 aromatic rings. The maximum absolute atomic E-state index is 12.4. The molecule has 0 saturated heterocycles. The van der Waals surface area contributed by atoms with Crippen LogP contribution in [0.25, 0.3) is 10.8 Å². The van der Waals surface area contributed by atoms with Gasteiger partial charge in [-0.3, -0.25) is 9.78 Å². The number of likely N-dealkylation sites (N-methyl/N-ethyl adjacent to an activating group) is 2. The predicted octanol–water partition coefficient (Wildman–Crippen LogP) is 2.50. The highest BCUT2D eigenvalue weighted by atomic mass is 16.2. The molecule has 0 aliphatic carbocycles. The van der Waals surface area contributed by atoms with E-state index in [1.165, 1.54) is 0 Å². The summed E-state index contributed by atoms with van der Waals surface area (Å²) in [5.74, 6) is 0.814. The zero-order valence-electron chi connectivity index (χ0n) is 16.2. The van der Waals surface area contributed by atoms with Gasteiger partial charge in [-0.2, -0.15) is 0 Å². The van der Waals surface area contributed by atoms with E-state index in [1.54, 1.807) is 0 Å². The van der Waals surface area contributed by atoms with Crippen LogP contribution in [0.4, 0.5) is 0 Å². The van der Waals surface area contributed by atoms with E-state index >= 15 is 0 Å². The lowest BCUT2D eigenvalue weighted by Gasteiger charge is -2.25. The number of aromatic nitrogens is 1. The molecule has 0 radical (unpaired) electrons. The Morgan fingerprint density at radius 3 is 2.58 bits per heavy atom. The molecule has 0 atom stereocenters. The van der Waals surface area contributed by atoms with Crippen LogP contribution in [0.15, 0.2) is 41.5 Å². The van der Waals surface area contributed by atoms with Crippen LogP contribution in [-0.2, 0) is 11.3 Å². The van der Waals surface area contributed by atoms with Crippen molar-refractivity contribution < 1.29 is 4.79 Å². The van der Waals surface area contributed by atoms with Gasteiger partial charge in [-0.25, -0.2) is 4.99 Å². The van der Waals surface area contributed by atoms with Gasteiger partial charge in [-0.15, -0.1) is 0 Å². The molecule has 0 aliphatic rings. The van der Waals surface area contributed by atoms with Crippen molar-refractivity contribution in [3.8, 4) is 0 Å². The van der Waals surface area contributed by atoms with Crippen molar-refractivity contribution in [2.24, 2.45) is 4.99 Å². The Morgan fingerprint density at radius 2 is 1.88 bits per heavy atom. The van der Waals surface area contributed by atoms with Gasteiger partial charge in [0, 0.05) is 38.3 Å². The fraction of sp³-hybridized carbons (Fsp3) is 0.450. The Bertz CT molecular complexity index is 749. The third kappa shape index (κ3) is 4.94. The Kier molecular flexibility index (Phi) is 7.38. The average molecular weight is 355 g/mol. The van der Waals surface area contributed by atoms with Gasteiger partial charge >= 0.3 is 0 Å². The summed E-state index contributed by atoms with van der Waals surface area (Å²) in [4.78, 5) is 25.2. The molecule has 0 spiro atoms. The molecule has 0 aliphatic heterocycles. The van der Waals surface area contributed by atoms with Crippen molar-refractivity contribution in [3.05, 3.63) is 42.2 Å². The molecule has 0 fully saturated rings. The van der Waals surface area contributed by atoms with E-state index in [1.807, 2.05) is 62.0 Å². The molecule has 6 heteroatoms. The lowest BCUT2D eigenvalue weighted by atomic mass is 10.1. The number of benzene rings is 1. The molecule has 0 unspecified atom stereocenters. The lowest BCUT2D eigenvalue weighted by Crippen LogP contribution is -2.45. The smallest absolute Gasteiger partial charge is 0.242 e. The lowest BCUT2D eigenvalue weighted by molar-refractivity contribution is -0.131. The standard InChI is InChI=1S/C20H29N5O/c1-5-21-20(24(4)15-19(26)25(6-2)7-3)23-14-18-17-11-9-8-10-16(17)12-13-22-18/h8-13H,5-7,14-15H2,1-4H3,(H,21,23). The van der Waals surface area contributed by atoms with Gasteiger partial charge in [0.25, 0.3) is 0 Å². The van der Waals surface area contributed by atoms with E-state index in [0.717, 1.165) is 36.1 Å². The van der Waals surface area contributed by atoms with Crippen LogP contribution in [0.5, 0.6) is 0 Å². The second-order valence-electron chi connectivity index (χ2n) is 6.07. The van der Waals surface area contributed by atoms with E-state index in [9.17, 15) is 4.79 Å². The molecule has 1 heterocycles. The number of hydrogen-bond acceptors (Lipinski definition) is 3. The number of nitrogens with zero attached hydrogens (tertiary/aromatic N) is 4. The van der Waals surface area contributed by atoms with Crippen LogP contribution in [0.2, 0.25) is 0 Å². The minimum Gasteiger partial charge on any atom is -0.357 e. The predicted molar refractivity (Wildman–Crippen MR) is 107 cm³/mol. The molecule has 1 aromatic carbocycles. The number of amides is 1. The first-order valence-corrected chi connectivity index (χ1v) is 9.20. The van der Waals surface area contributed by atoms with Crippen molar-refractivity contribution in [1.82, 2.24) is 20.1 Å². The zero-order chi connectivity index (χ0) is 18.9. The van der Waals surface area contributed by atoms with E-state index in [-0.39, 0.29) is 5.91 Å². The van der Waals surface area contributed by atoms with Crippen LogP contribution in [-0.4, -0.2) is 59.9 Å². The second kappa shape index (κ2) is 9.75. The van der Waals surface area contributed by atoms with E-state index < -0.39 is 0 Å². The van der Waals surface area contributed by atoms with Gasteiger partial charge in [0.2, 0.25) is 5.91 Å². The van der Waals surface area contributed by atoms with E-state index in [0.29, 0.717) is 19.0 Å². The Morgan fingerprint density at radius 1 is 1.15 bits per heavy atom. The number of aliphatic imine (C=N–C) groups is 1. The van der Waals surface area contributed by atoms with Crippen LogP contribution >= 0.6 is 0 Å².